The molecule has 1 aromatic heterocycles. The maximum atomic E-state index is 12.4. The molecule has 0 radical (unpaired) electrons. The number of thiocarbonyl (C=S) groups is 1. The fraction of sp³-hybridized carbons (Fsp3) is 0.167. The Morgan fingerprint density at radius 3 is 2.60 bits per heavy atom. The number of fused-ring (bicyclic) bond motifs is 1. The van der Waals surface area contributed by atoms with Crippen LogP contribution in [0.4, 0.5) is 5.13 Å². The van der Waals surface area contributed by atoms with Crippen molar-refractivity contribution < 1.29 is 9.53 Å². The van der Waals surface area contributed by atoms with Crippen LogP contribution < -0.4 is 15.4 Å². The SMILES string of the molecule is COc1ccccc1C(=O)NC(=S)Nc1nc2c(C)ccc(C)c2s1. The second kappa shape index (κ2) is 7.16. The molecule has 3 rings (SSSR count). The van der Waals surface area contributed by atoms with Crippen LogP contribution in [0, 0.1) is 13.8 Å². The molecule has 2 aromatic carbocycles. The minimum atomic E-state index is -0.330. The van der Waals surface area contributed by atoms with Crippen molar-refractivity contribution in [2.45, 2.75) is 13.8 Å². The van der Waals surface area contributed by atoms with Gasteiger partial charge in [0.2, 0.25) is 0 Å². The Morgan fingerprint density at radius 1 is 1.16 bits per heavy atom. The number of thiazole rings is 1. The normalized spacial score (nSPS) is 10.5. The van der Waals surface area contributed by atoms with Crippen molar-refractivity contribution in [1.29, 1.82) is 0 Å². The molecule has 0 saturated heterocycles. The number of amides is 1. The first-order valence-electron chi connectivity index (χ1n) is 7.61. The van der Waals surface area contributed by atoms with Crippen molar-refractivity contribution in [3.63, 3.8) is 0 Å². The molecule has 0 aliphatic rings. The van der Waals surface area contributed by atoms with Crippen LogP contribution in [0.5, 0.6) is 5.75 Å². The third-order valence-electron chi connectivity index (χ3n) is 3.74. The average molecular weight is 371 g/mol. The number of nitrogens with zero attached hydrogens (tertiary/aromatic N) is 1. The van der Waals surface area contributed by atoms with Crippen LogP contribution in [0.2, 0.25) is 0 Å². The second-order valence-corrected chi connectivity index (χ2v) is 6.91. The molecule has 7 heteroatoms. The Morgan fingerprint density at radius 2 is 1.88 bits per heavy atom. The molecule has 3 aromatic rings. The van der Waals surface area contributed by atoms with Gasteiger partial charge < -0.3 is 10.1 Å². The molecule has 0 unspecified atom stereocenters. The summed E-state index contributed by atoms with van der Waals surface area (Å²) in [7, 11) is 1.52. The van der Waals surface area contributed by atoms with Crippen LogP contribution in [0.15, 0.2) is 36.4 Å². The molecule has 0 aliphatic carbocycles. The molecule has 0 fully saturated rings. The molecule has 128 valence electrons. The summed E-state index contributed by atoms with van der Waals surface area (Å²) in [5, 5.41) is 6.50. The summed E-state index contributed by atoms with van der Waals surface area (Å²) in [6, 6.07) is 11.1. The van der Waals surface area contributed by atoms with Crippen molar-refractivity contribution in [3.05, 3.63) is 53.1 Å². The lowest BCUT2D eigenvalue weighted by atomic mass is 10.1. The van der Waals surface area contributed by atoms with E-state index in [4.69, 9.17) is 17.0 Å². The smallest absolute Gasteiger partial charge is 0.261 e. The summed E-state index contributed by atoms with van der Waals surface area (Å²) < 4.78 is 6.31. The first kappa shape index (κ1) is 17.3. The molecule has 5 nitrogen and oxygen atoms in total. The lowest BCUT2D eigenvalue weighted by Crippen LogP contribution is -2.34. The molecule has 1 amide bonds. The van der Waals surface area contributed by atoms with Crippen molar-refractivity contribution >= 4 is 49.9 Å². The third kappa shape index (κ3) is 3.62. The predicted molar refractivity (Wildman–Crippen MR) is 106 cm³/mol. The Labute approximate surface area is 155 Å². The highest BCUT2D eigenvalue weighted by molar-refractivity contribution is 7.80. The van der Waals surface area contributed by atoms with Crippen LogP contribution >= 0.6 is 23.6 Å². The van der Waals surface area contributed by atoms with Crippen LogP contribution in [-0.4, -0.2) is 23.1 Å². The minimum Gasteiger partial charge on any atom is -0.496 e. The van der Waals surface area contributed by atoms with Crippen molar-refractivity contribution in [2.24, 2.45) is 0 Å². The largest absolute Gasteiger partial charge is 0.496 e. The maximum Gasteiger partial charge on any atom is 0.261 e. The zero-order valence-corrected chi connectivity index (χ0v) is 15.7. The summed E-state index contributed by atoms with van der Waals surface area (Å²) in [6.45, 7) is 4.07. The molecule has 0 spiro atoms. The fourth-order valence-electron chi connectivity index (χ4n) is 2.44. The van der Waals surface area contributed by atoms with E-state index in [-0.39, 0.29) is 11.0 Å². The predicted octanol–water partition coefficient (Wildman–Crippen LogP) is 4.05. The number of anilines is 1. The summed E-state index contributed by atoms with van der Waals surface area (Å²) >= 11 is 6.76. The Kier molecular flexibility index (Phi) is 4.96. The summed E-state index contributed by atoms with van der Waals surface area (Å²) in [4.78, 5) is 16.9. The van der Waals surface area contributed by atoms with Gasteiger partial charge in [-0.15, -0.1) is 0 Å². The number of hydrogen-bond donors (Lipinski definition) is 2. The molecule has 0 aliphatic heterocycles. The number of benzene rings is 2. The zero-order chi connectivity index (χ0) is 18.0. The molecule has 25 heavy (non-hydrogen) atoms. The number of para-hydroxylation sites is 1. The summed E-state index contributed by atoms with van der Waals surface area (Å²) in [5.74, 6) is 0.164. The zero-order valence-electron chi connectivity index (χ0n) is 14.0. The van der Waals surface area contributed by atoms with Gasteiger partial charge >= 0.3 is 0 Å². The number of nitrogens with one attached hydrogen (secondary N) is 2. The van der Waals surface area contributed by atoms with E-state index in [2.05, 4.69) is 21.7 Å². The molecule has 0 saturated carbocycles. The van der Waals surface area contributed by atoms with E-state index in [1.165, 1.54) is 18.4 Å². The van der Waals surface area contributed by atoms with Gasteiger partial charge in [-0.3, -0.25) is 10.1 Å². The van der Waals surface area contributed by atoms with Gasteiger partial charge in [0.1, 0.15) is 5.75 Å². The van der Waals surface area contributed by atoms with Gasteiger partial charge in [-0.25, -0.2) is 4.98 Å². The lowest BCUT2D eigenvalue weighted by molar-refractivity contribution is 0.0975. The number of hydrogen-bond acceptors (Lipinski definition) is 5. The van der Waals surface area contributed by atoms with E-state index in [9.17, 15) is 4.79 Å². The molecule has 2 N–H and O–H groups in total. The first-order chi connectivity index (χ1) is 12.0. The van der Waals surface area contributed by atoms with Gasteiger partial charge in [-0.05, 0) is 49.3 Å². The molecule has 1 heterocycles. The van der Waals surface area contributed by atoms with Crippen LogP contribution in [0.1, 0.15) is 21.5 Å². The van der Waals surface area contributed by atoms with Crippen molar-refractivity contribution in [2.75, 3.05) is 12.4 Å². The summed E-state index contributed by atoms with van der Waals surface area (Å²) in [5.41, 5.74) is 3.64. The van der Waals surface area contributed by atoms with Crippen LogP contribution in [0.3, 0.4) is 0 Å². The van der Waals surface area contributed by atoms with Gasteiger partial charge in [0.05, 0.1) is 22.9 Å². The quantitative estimate of drug-likeness (QED) is 0.680. The average Bonchev–Trinajstić information content (AvgIpc) is 3.03. The van der Waals surface area contributed by atoms with Gasteiger partial charge in [-0.2, -0.15) is 0 Å². The van der Waals surface area contributed by atoms with Crippen LogP contribution in [0.25, 0.3) is 10.2 Å². The Hall–Kier alpha value is -2.51. The highest BCUT2D eigenvalue weighted by Crippen LogP contribution is 2.30. The standard InChI is InChI=1S/C18H17N3O2S2/c1-10-8-9-11(2)15-14(10)19-18(25-15)21-17(24)20-16(22)12-6-4-5-7-13(12)23-3/h4-9H,1-3H3,(H2,19,20,21,22,24). The number of methoxy groups -OCH3 is 1. The van der Waals surface area contributed by atoms with Gasteiger partial charge in [-0.1, -0.05) is 35.6 Å². The number of aromatic nitrogens is 1. The molecular weight excluding hydrogens is 354 g/mol. The highest BCUT2D eigenvalue weighted by Gasteiger charge is 2.14. The van der Waals surface area contributed by atoms with Gasteiger partial charge in [0.25, 0.3) is 5.91 Å². The third-order valence-corrected chi connectivity index (χ3v) is 5.05. The van der Waals surface area contributed by atoms with E-state index in [0.29, 0.717) is 16.4 Å². The number of rotatable bonds is 3. The Bertz CT molecular complexity index is 927. The van der Waals surface area contributed by atoms with Crippen molar-refractivity contribution in [3.8, 4) is 5.75 Å². The second-order valence-electron chi connectivity index (χ2n) is 5.50. The lowest BCUT2D eigenvalue weighted by Gasteiger charge is -2.09. The van der Waals surface area contributed by atoms with E-state index in [1.54, 1.807) is 24.3 Å². The number of ether oxygens (including phenoxy) is 1. The first-order valence-corrected chi connectivity index (χ1v) is 8.84. The maximum absolute atomic E-state index is 12.4. The van der Waals surface area contributed by atoms with Gasteiger partial charge in [0, 0.05) is 0 Å². The van der Waals surface area contributed by atoms with E-state index in [1.807, 2.05) is 19.9 Å². The Balaban J connectivity index is 1.76. The van der Waals surface area contributed by atoms with Gasteiger partial charge in [0.15, 0.2) is 10.2 Å². The number of carbonyl (C=O) groups is 1. The minimum absolute atomic E-state index is 0.199. The molecule has 0 atom stereocenters. The molecular formula is C18H17N3O2S2. The van der Waals surface area contributed by atoms with E-state index in [0.717, 1.165) is 21.3 Å². The fourth-order valence-corrected chi connectivity index (χ4v) is 3.71. The number of carbonyl (C=O) groups excluding carboxylic acids is 1. The summed E-state index contributed by atoms with van der Waals surface area (Å²) in [6.07, 6.45) is 0. The van der Waals surface area contributed by atoms with Crippen molar-refractivity contribution in [1.82, 2.24) is 10.3 Å². The monoisotopic (exact) mass is 371 g/mol. The topological polar surface area (TPSA) is 63.2 Å². The van der Waals surface area contributed by atoms with E-state index < -0.39 is 0 Å². The van der Waals surface area contributed by atoms with E-state index >= 15 is 0 Å². The number of aryl methyl sites for hydroxylation is 2. The molecule has 0 bridgehead atoms. The van der Waals surface area contributed by atoms with Crippen LogP contribution in [-0.2, 0) is 0 Å². The highest BCUT2D eigenvalue weighted by atomic mass is 32.1.